The van der Waals surface area contributed by atoms with E-state index in [1.165, 1.54) is 27.5 Å². The molecule has 21 heavy (non-hydrogen) atoms. The lowest BCUT2D eigenvalue weighted by molar-refractivity contribution is 0.466. The van der Waals surface area contributed by atoms with Crippen LogP contribution in [0.15, 0.2) is 35.9 Å². The summed E-state index contributed by atoms with van der Waals surface area (Å²) >= 11 is 0. The van der Waals surface area contributed by atoms with Gasteiger partial charge in [0.2, 0.25) is 0 Å². The van der Waals surface area contributed by atoms with Crippen LogP contribution in [0.25, 0.3) is 10.8 Å². The van der Waals surface area contributed by atoms with Crippen molar-refractivity contribution in [3.63, 3.8) is 0 Å². The summed E-state index contributed by atoms with van der Waals surface area (Å²) in [5, 5.41) is 12.7. The van der Waals surface area contributed by atoms with Gasteiger partial charge in [-0.2, -0.15) is 0 Å². The van der Waals surface area contributed by atoms with Gasteiger partial charge < -0.3 is 5.11 Å². The van der Waals surface area contributed by atoms with Gasteiger partial charge in [-0.05, 0) is 72.2 Å². The van der Waals surface area contributed by atoms with Crippen LogP contribution in [0.3, 0.4) is 0 Å². The summed E-state index contributed by atoms with van der Waals surface area (Å²) in [5.41, 5.74) is 5.08. The van der Waals surface area contributed by atoms with E-state index >= 15 is 0 Å². The molecule has 2 rings (SSSR count). The zero-order valence-electron chi connectivity index (χ0n) is 13.8. The number of phenols is 1. The highest BCUT2D eigenvalue weighted by Gasteiger charge is 2.11. The minimum atomic E-state index is 0.335. The second-order valence-corrected chi connectivity index (χ2v) is 6.33. The van der Waals surface area contributed by atoms with Crippen LogP contribution in [0.5, 0.6) is 5.75 Å². The Kier molecular flexibility index (Phi) is 4.72. The van der Waals surface area contributed by atoms with Gasteiger partial charge in [0, 0.05) is 0 Å². The molecule has 0 amide bonds. The van der Waals surface area contributed by atoms with Gasteiger partial charge in [0.25, 0.3) is 0 Å². The number of rotatable bonds is 4. The fourth-order valence-electron chi connectivity index (χ4n) is 2.83. The van der Waals surface area contributed by atoms with Gasteiger partial charge in [-0.1, -0.05) is 44.6 Å². The molecule has 0 heterocycles. The van der Waals surface area contributed by atoms with Crippen LogP contribution in [-0.2, 0) is 12.8 Å². The predicted molar refractivity (Wildman–Crippen MR) is 92.2 cm³/mol. The van der Waals surface area contributed by atoms with Gasteiger partial charge in [0.15, 0.2) is 0 Å². The maximum atomic E-state index is 10.3. The van der Waals surface area contributed by atoms with Crippen molar-refractivity contribution in [1.82, 2.24) is 0 Å². The van der Waals surface area contributed by atoms with E-state index in [0.29, 0.717) is 11.7 Å². The normalized spacial score (nSPS) is 11.1. The average molecular weight is 282 g/mol. The Morgan fingerprint density at radius 1 is 1.19 bits per heavy atom. The lowest BCUT2D eigenvalue weighted by Crippen LogP contribution is -1.96. The van der Waals surface area contributed by atoms with E-state index in [1.807, 2.05) is 6.07 Å². The molecule has 0 bridgehead atoms. The Morgan fingerprint density at radius 2 is 1.90 bits per heavy atom. The van der Waals surface area contributed by atoms with Crippen molar-refractivity contribution < 1.29 is 5.11 Å². The molecule has 1 N–H and O–H groups in total. The van der Waals surface area contributed by atoms with Gasteiger partial charge in [-0.25, -0.2) is 0 Å². The van der Waals surface area contributed by atoms with Crippen LogP contribution in [0.1, 0.15) is 57.2 Å². The first-order valence-corrected chi connectivity index (χ1v) is 7.84. The van der Waals surface area contributed by atoms with Crippen LogP contribution in [-0.4, -0.2) is 5.11 Å². The molecule has 1 heteroatoms. The molecule has 0 radical (unpaired) electrons. The summed E-state index contributed by atoms with van der Waals surface area (Å²) in [6, 6.07) is 8.52. The number of benzene rings is 2. The first kappa shape index (κ1) is 15.6. The molecular formula is C20H26O. The second-order valence-electron chi connectivity index (χ2n) is 6.33. The number of fused-ring (bicyclic) bond motifs is 1. The fourth-order valence-corrected chi connectivity index (χ4v) is 2.83. The highest BCUT2D eigenvalue weighted by atomic mass is 16.3. The lowest BCUT2D eigenvalue weighted by atomic mass is 9.91. The Bertz CT molecular complexity index is 674. The summed E-state index contributed by atoms with van der Waals surface area (Å²) in [4.78, 5) is 0. The number of aromatic hydroxyl groups is 1. The van der Waals surface area contributed by atoms with E-state index in [9.17, 15) is 5.11 Å². The van der Waals surface area contributed by atoms with Crippen molar-refractivity contribution in [2.45, 2.75) is 53.4 Å². The van der Waals surface area contributed by atoms with E-state index in [2.05, 4.69) is 58.9 Å². The zero-order chi connectivity index (χ0) is 15.6. The third-order valence-corrected chi connectivity index (χ3v) is 4.09. The molecule has 1 nitrogen and oxygen atoms in total. The summed E-state index contributed by atoms with van der Waals surface area (Å²) in [6.45, 7) is 10.7. The molecular weight excluding hydrogens is 256 g/mol. The fraction of sp³-hybridized carbons (Fsp3) is 0.400. The summed E-state index contributed by atoms with van der Waals surface area (Å²) in [6.07, 6.45) is 4.22. The van der Waals surface area contributed by atoms with Gasteiger partial charge in [0.05, 0.1) is 0 Å². The lowest BCUT2D eigenvalue weighted by Gasteiger charge is -2.15. The zero-order valence-corrected chi connectivity index (χ0v) is 13.8. The van der Waals surface area contributed by atoms with Crippen LogP contribution < -0.4 is 0 Å². The second kappa shape index (κ2) is 6.34. The number of hydrogen-bond acceptors (Lipinski definition) is 1. The Labute approximate surface area is 128 Å². The van der Waals surface area contributed by atoms with Crippen molar-refractivity contribution >= 4 is 10.8 Å². The van der Waals surface area contributed by atoms with Crippen LogP contribution in [0.4, 0.5) is 0 Å². The third-order valence-electron chi connectivity index (χ3n) is 4.09. The Hall–Kier alpha value is -1.76. The highest BCUT2D eigenvalue weighted by molar-refractivity contribution is 5.89. The number of aryl methyl sites for hydroxylation is 1. The van der Waals surface area contributed by atoms with Crippen molar-refractivity contribution in [2.75, 3.05) is 0 Å². The molecule has 0 spiro atoms. The van der Waals surface area contributed by atoms with Crippen molar-refractivity contribution in [3.8, 4) is 5.75 Å². The molecule has 0 aliphatic rings. The van der Waals surface area contributed by atoms with E-state index < -0.39 is 0 Å². The molecule has 0 atom stereocenters. The van der Waals surface area contributed by atoms with Gasteiger partial charge in [-0.3, -0.25) is 0 Å². The largest absolute Gasteiger partial charge is 0.508 e. The summed E-state index contributed by atoms with van der Waals surface area (Å²) in [7, 11) is 0. The maximum Gasteiger partial charge on any atom is 0.119 e. The minimum Gasteiger partial charge on any atom is -0.508 e. The maximum absolute atomic E-state index is 10.3. The van der Waals surface area contributed by atoms with E-state index in [1.54, 1.807) is 0 Å². The number of hydrogen-bond donors (Lipinski definition) is 1. The van der Waals surface area contributed by atoms with E-state index in [-0.39, 0.29) is 0 Å². The molecule has 0 aliphatic carbocycles. The molecule has 0 saturated carbocycles. The van der Waals surface area contributed by atoms with Crippen LogP contribution >= 0.6 is 0 Å². The Balaban J connectivity index is 2.68. The molecule has 0 aromatic heterocycles. The van der Waals surface area contributed by atoms with Gasteiger partial charge >= 0.3 is 0 Å². The van der Waals surface area contributed by atoms with Crippen LogP contribution in [0.2, 0.25) is 0 Å². The predicted octanol–water partition coefficient (Wildman–Crippen LogP) is 5.74. The average Bonchev–Trinajstić information content (AvgIpc) is 2.43. The Morgan fingerprint density at radius 3 is 2.48 bits per heavy atom. The molecule has 0 fully saturated rings. The van der Waals surface area contributed by atoms with Crippen molar-refractivity contribution in [1.29, 1.82) is 0 Å². The van der Waals surface area contributed by atoms with Gasteiger partial charge in [0.1, 0.15) is 5.75 Å². The molecule has 2 aromatic rings. The first-order valence-electron chi connectivity index (χ1n) is 7.84. The van der Waals surface area contributed by atoms with Crippen molar-refractivity contribution in [3.05, 3.63) is 52.6 Å². The first-order chi connectivity index (χ1) is 9.93. The molecule has 0 aliphatic heterocycles. The quantitative estimate of drug-likeness (QED) is 0.709. The van der Waals surface area contributed by atoms with Crippen LogP contribution in [0, 0.1) is 0 Å². The van der Waals surface area contributed by atoms with Gasteiger partial charge in [-0.15, -0.1) is 0 Å². The third kappa shape index (κ3) is 3.29. The molecule has 112 valence electrons. The standard InChI is InChI=1S/C20H26O/c1-6-15-8-9-16-11-18(14(4)5)20(21)12-19(16)17(15)10-7-13(2)3/h7-9,11-12,14,21H,6,10H2,1-5H3. The van der Waals surface area contributed by atoms with E-state index in [0.717, 1.165) is 18.4 Å². The summed E-state index contributed by atoms with van der Waals surface area (Å²) in [5.74, 6) is 0.755. The molecule has 2 aromatic carbocycles. The van der Waals surface area contributed by atoms with Crippen molar-refractivity contribution in [2.24, 2.45) is 0 Å². The summed E-state index contributed by atoms with van der Waals surface area (Å²) < 4.78 is 0. The smallest absolute Gasteiger partial charge is 0.119 e. The van der Waals surface area contributed by atoms with E-state index in [4.69, 9.17) is 0 Å². The molecule has 0 unspecified atom stereocenters. The minimum absolute atomic E-state index is 0.335. The topological polar surface area (TPSA) is 20.2 Å². The highest BCUT2D eigenvalue weighted by Crippen LogP contribution is 2.33. The SMILES string of the molecule is CCc1ccc2cc(C(C)C)c(O)cc2c1CC=C(C)C. The number of phenolic OH excluding ortho intramolecular Hbond substituents is 1. The monoisotopic (exact) mass is 282 g/mol. The molecule has 0 saturated heterocycles. The number of allylic oxidation sites excluding steroid dienone is 2.